The number of aromatic nitrogens is 4. The number of hydrogen-bond acceptors (Lipinski definition) is 4. The summed E-state index contributed by atoms with van der Waals surface area (Å²) in [7, 11) is 0. The molecule has 0 bridgehead atoms. The Hall–Kier alpha value is -3.68. The van der Waals surface area contributed by atoms with E-state index in [2.05, 4.69) is 20.3 Å². The maximum absolute atomic E-state index is 12.2. The number of carbonyl (C=O) groups excluding carboxylic acids is 1. The summed E-state index contributed by atoms with van der Waals surface area (Å²) in [6.45, 7) is 0.441. The van der Waals surface area contributed by atoms with Crippen molar-refractivity contribution in [2.24, 2.45) is 0 Å². The molecule has 0 spiro atoms. The molecule has 4 aromatic rings. The molecule has 0 saturated heterocycles. The highest BCUT2D eigenvalue weighted by atomic mass is 16.2. The molecule has 3 N–H and O–H groups in total. The number of aromatic amines is 2. The topological polar surface area (TPSA) is 113 Å². The first-order valence-electron chi connectivity index (χ1n) is 8.54. The minimum Gasteiger partial charge on any atom is -0.349 e. The minimum absolute atomic E-state index is 0.107. The van der Waals surface area contributed by atoms with Crippen molar-refractivity contribution in [3.8, 4) is 0 Å². The zero-order valence-corrected chi connectivity index (χ0v) is 14.4. The highest BCUT2D eigenvalue weighted by Gasteiger charge is 2.10. The number of hydrogen-bond donors (Lipinski definition) is 3. The summed E-state index contributed by atoms with van der Waals surface area (Å²) in [5, 5.41) is 3.21. The van der Waals surface area contributed by atoms with Crippen LogP contribution in [0.5, 0.6) is 0 Å². The third-order valence-corrected chi connectivity index (χ3v) is 4.36. The van der Waals surface area contributed by atoms with Crippen LogP contribution in [0.25, 0.3) is 21.9 Å². The normalized spacial score (nSPS) is 11.1. The van der Waals surface area contributed by atoms with Gasteiger partial charge in [0, 0.05) is 13.0 Å². The number of nitrogens with one attached hydrogen (secondary N) is 3. The SMILES string of the molecule is O=C(CCn1c(=O)[nH]c(=O)c2ccccc21)NCc1nc2ccccc2[nH]1. The van der Waals surface area contributed by atoms with Gasteiger partial charge in [-0.3, -0.25) is 19.1 Å². The molecule has 0 unspecified atom stereocenters. The van der Waals surface area contributed by atoms with Gasteiger partial charge in [0.1, 0.15) is 5.82 Å². The lowest BCUT2D eigenvalue weighted by molar-refractivity contribution is -0.121. The number of nitrogens with zero attached hydrogens (tertiary/aromatic N) is 2. The summed E-state index contributed by atoms with van der Waals surface area (Å²) in [4.78, 5) is 46.0. The minimum atomic E-state index is -0.524. The third kappa shape index (κ3) is 3.37. The van der Waals surface area contributed by atoms with E-state index in [9.17, 15) is 14.4 Å². The van der Waals surface area contributed by atoms with Crippen molar-refractivity contribution in [3.63, 3.8) is 0 Å². The zero-order chi connectivity index (χ0) is 18.8. The lowest BCUT2D eigenvalue weighted by Crippen LogP contribution is -2.32. The van der Waals surface area contributed by atoms with Gasteiger partial charge in [0.25, 0.3) is 5.56 Å². The van der Waals surface area contributed by atoms with Crippen LogP contribution >= 0.6 is 0 Å². The molecule has 0 aliphatic heterocycles. The quantitative estimate of drug-likeness (QED) is 0.496. The van der Waals surface area contributed by atoms with Crippen molar-refractivity contribution in [2.45, 2.75) is 19.5 Å². The van der Waals surface area contributed by atoms with E-state index < -0.39 is 11.2 Å². The average Bonchev–Trinajstić information content (AvgIpc) is 3.09. The Balaban J connectivity index is 1.44. The highest BCUT2D eigenvalue weighted by molar-refractivity contribution is 5.79. The van der Waals surface area contributed by atoms with Gasteiger partial charge in [-0.15, -0.1) is 0 Å². The van der Waals surface area contributed by atoms with Crippen molar-refractivity contribution in [3.05, 3.63) is 75.2 Å². The highest BCUT2D eigenvalue weighted by Crippen LogP contribution is 2.10. The van der Waals surface area contributed by atoms with E-state index >= 15 is 0 Å². The van der Waals surface area contributed by atoms with Crippen LogP contribution < -0.4 is 16.6 Å². The number of fused-ring (bicyclic) bond motifs is 2. The number of amides is 1. The molecule has 8 nitrogen and oxygen atoms in total. The Labute approximate surface area is 152 Å². The fraction of sp³-hybridized carbons (Fsp3) is 0.158. The van der Waals surface area contributed by atoms with Crippen LogP contribution in [0.15, 0.2) is 58.1 Å². The van der Waals surface area contributed by atoms with Crippen molar-refractivity contribution in [2.75, 3.05) is 0 Å². The summed E-state index contributed by atoms with van der Waals surface area (Å²) in [6.07, 6.45) is 0.107. The average molecular weight is 363 g/mol. The molecule has 27 heavy (non-hydrogen) atoms. The summed E-state index contributed by atoms with van der Waals surface area (Å²) < 4.78 is 1.40. The fourth-order valence-corrected chi connectivity index (χ4v) is 3.04. The maximum atomic E-state index is 12.2. The number of imidazole rings is 1. The molecule has 0 saturated carbocycles. The molecule has 0 radical (unpaired) electrons. The van der Waals surface area contributed by atoms with Gasteiger partial charge in [-0.25, -0.2) is 9.78 Å². The molecule has 2 aromatic heterocycles. The van der Waals surface area contributed by atoms with Crippen LogP contribution in [0.4, 0.5) is 0 Å². The van der Waals surface area contributed by atoms with Gasteiger partial charge in [-0.1, -0.05) is 24.3 Å². The standard InChI is InChI=1S/C19H17N5O3/c25-17(20-11-16-21-13-6-2-3-7-14(13)22-16)9-10-24-15-8-4-1-5-12(15)18(26)23-19(24)27/h1-8H,9-11H2,(H,20,25)(H,21,22)(H,23,26,27). The fourth-order valence-electron chi connectivity index (χ4n) is 3.04. The van der Waals surface area contributed by atoms with Gasteiger partial charge in [-0.2, -0.15) is 0 Å². The largest absolute Gasteiger partial charge is 0.349 e. The Morgan fingerprint density at radius 2 is 1.81 bits per heavy atom. The molecule has 4 rings (SSSR count). The van der Waals surface area contributed by atoms with Gasteiger partial charge in [0.15, 0.2) is 0 Å². The lowest BCUT2D eigenvalue weighted by Gasteiger charge is -2.09. The van der Waals surface area contributed by atoms with Gasteiger partial charge in [0.2, 0.25) is 5.91 Å². The number of carbonyl (C=O) groups is 1. The monoisotopic (exact) mass is 363 g/mol. The Morgan fingerprint density at radius 3 is 2.67 bits per heavy atom. The van der Waals surface area contributed by atoms with Crippen molar-refractivity contribution in [1.29, 1.82) is 0 Å². The Morgan fingerprint density at radius 1 is 1.04 bits per heavy atom. The molecule has 0 aliphatic carbocycles. The number of benzene rings is 2. The van der Waals surface area contributed by atoms with Crippen molar-refractivity contribution < 1.29 is 4.79 Å². The predicted octanol–water partition coefficient (Wildman–Crippen LogP) is 1.27. The van der Waals surface area contributed by atoms with Crippen LogP contribution in [0.2, 0.25) is 0 Å². The van der Waals surface area contributed by atoms with Crippen LogP contribution in [0.1, 0.15) is 12.2 Å². The molecule has 2 aromatic carbocycles. The van der Waals surface area contributed by atoms with Gasteiger partial charge in [-0.05, 0) is 24.3 Å². The molecular formula is C19H17N5O3. The van der Waals surface area contributed by atoms with Gasteiger partial charge < -0.3 is 10.3 Å². The molecule has 0 fully saturated rings. The molecular weight excluding hydrogens is 346 g/mol. The van der Waals surface area contributed by atoms with Crippen LogP contribution in [-0.4, -0.2) is 25.4 Å². The first kappa shape index (κ1) is 16.8. The van der Waals surface area contributed by atoms with Crippen LogP contribution in [0.3, 0.4) is 0 Å². The molecule has 8 heteroatoms. The second-order valence-corrected chi connectivity index (χ2v) is 6.16. The van der Waals surface area contributed by atoms with E-state index in [0.717, 1.165) is 11.0 Å². The second kappa shape index (κ2) is 6.91. The Kier molecular flexibility index (Phi) is 4.29. The second-order valence-electron chi connectivity index (χ2n) is 6.16. The van der Waals surface area contributed by atoms with Gasteiger partial charge >= 0.3 is 5.69 Å². The molecule has 1 amide bonds. The van der Waals surface area contributed by atoms with E-state index in [4.69, 9.17) is 0 Å². The van der Waals surface area contributed by atoms with E-state index in [0.29, 0.717) is 16.7 Å². The van der Waals surface area contributed by atoms with E-state index in [1.807, 2.05) is 24.3 Å². The number of H-pyrrole nitrogens is 2. The summed E-state index contributed by atoms with van der Waals surface area (Å²) >= 11 is 0. The zero-order valence-electron chi connectivity index (χ0n) is 14.4. The van der Waals surface area contributed by atoms with E-state index in [1.54, 1.807) is 24.3 Å². The van der Waals surface area contributed by atoms with Crippen molar-refractivity contribution in [1.82, 2.24) is 24.8 Å². The van der Waals surface area contributed by atoms with E-state index in [1.165, 1.54) is 4.57 Å². The first-order valence-corrected chi connectivity index (χ1v) is 8.54. The number of aryl methyl sites for hydroxylation is 1. The van der Waals surface area contributed by atoms with Crippen LogP contribution in [0, 0.1) is 0 Å². The molecule has 0 atom stereocenters. The predicted molar refractivity (Wildman–Crippen MR) is 101 cm³/mol. The Bertz CT molecular complexity index is 1220. The molecule has 2 heterocycles. The number of rotatable bonds is 5. The van der Waals surface area contributed by atoms with Crippen molar-refractivity contribution >= 4 is 27.8 Å². The summed E-state index contributed by atoms with van der Waals surface area (Å²) in [6, 6.07) is 14.4. The molecule has 0 aliphatic rings. The molecule has 136 valence electrons. The third-order valence-electron chi connectivity index (χ3n) is 4.36. The summed E-state index contributed by atoms with van der Waals surface area (Å²) in [5.41, 5.74) is 1.31. The number of para-hydroxylation sites is 3. The smallest absolute Gasteiger partial charge is 0.328 e. The van der Waals surface area contributed by atoms with E-state index in [-0.39, 0.29) is 25.4 Å². The van der Waals surface area contributed by atoms with Crippen LogP contribution in [-0.2, 0) is 17.9 Å². The lowest BCUT2D eigenvalue weighted by atomic mass is 10.2. The van der Waals surface area contributed by atoms with Gasteiger partial charge in [0.05, 0.1) is 28.5 Å². The maximum Gasteiger partial charge on any atom is 0.328 e. The summed E-state index contributed by atoms with van der Waals surface area (Å²) in [5.74, 6) is 0.453. The first-order chi connectivity index (χ1) is 13.1.